The summed E-state index contributed by atoms with van der Waals surface area (Å²) < 4.78 is 63.4. The predicted octanol–water partition coefficient (Wildman–Crippen LogP) is 3.59. The minimum Gasteiger partial charge on any atom is -0.365 e. The Morgan fingerprint density at radius 1 is 1.31 bits per heavy atom. The highest BCUT2D eigenvalue weighted by Crippen LogP contribution is 2.57. The minimum absolute atomic E-state index is 0.0614. The van der Waals surface area contributed by atoms with E-state index >= 15 is 0 Å². The number of nitrogens with two attached hydrogens (primary N) is 1. The molecule has 2 aromatic rings. The number of primary amides is 1. The molecule has 4 heterocycles. The topological polar surface area (TPSA) is 119 Å². The van der Waals surface area contributed by atoms with Gasteiger partial charge in [-0.15, -0.1) is 0 Å². The van der Waals surface area contributed by atoms with Crippen LogP contribution in [0.25, 0.3) is 0 Å². The van der Waals surface area contributed by atoms with Crippen LogP contribution in [0.1, 0.15) is 48.5 Å². The smallest absolute Gasteiger partial charge is 0.365 e. The number of amides is 1. The van der Waals surface area contributed by atoms with Crippen molar-refractivity contribution in [2.45, 2.75) is 56.7 Å². The lowest BCUT2D eigenvalue weighted by molar-refractivity contribution is -0.766. The number of ether oxygens (including phenoxy) is 3. The van der Waals surface area contributed by atoms with E-state index in [1.165, 1.54) is 18.2 Å². The van der Waals surface area contributed by atoms with Gasteiger partial charge < -0.3 is 19.9 Å². The number of benzene rings is 1. The Morgan fingerprint density at radius 2 is 2.08 bits per heavy atom. The summed E-state index contributed by atoms with van der Waals surface area (Å²) in [5.74, 6) is -2.04. The van der Waals surface area contributed by atoms with Crippen LogP contribution in [0.2, 0.25) is 5.02 Å². The van der Waals surface area contributed by atoms with Crippen LogP contribution >= 0.6 is 19.4 Å². The number of fused-ring (bicyclic) bond motifs is 1. The van der Waals surface area contributed by atoms with E-state index in [0.717, 1.165) is 0 Å². The summed E-state index contributed by atoms with van der Waals surface area (Å²) in [5.41, 5.74) is 6.28. The van der Waals surface area contributed by atoms with Crippen LogP contribution in [0.5, 0.6) is 0 Å². The third-order valence-electron chi connectivity index (χ3n) is 6.12. The maximum Gasteiger partial charge on any atom is 0.475 e. The van der Waals surface area contributed by atoms with E-state index in [1.54, 1.807) is 42.9 Å². The third kappa shape index (κ3) is 5.20. The SMILES string of the molecule is CC1(C)O[C@@H]2[C@H](O1)C(COP1(=O)OCCC(c3ccc(F)c(Cl)c3)O1)O[C@H]2[n+]1cccc(C(N)=O)c1. The summed E-state index contributed by atoms with van der Waals surface area (Å²) >= 11 is 5.89. The van der Waals surface area contributed by atoms with Crippen LogP contribution in [0.4, 0.5) is 4.39 Å². The van der Waals surface area contributed by atoms with Gasteiger partial charge in [-0.1, -0.05) is 17.7 Å². The second-order valence-corrected chi connectivity index (χ2v) is 11.2. The Kier molecular flexibility index (Phi) is 6.95. The zero-order chi connectivity index (χ0) is 25.7. The molecule has 3 fully saturated rings. The van der Waals surface area contributed by atoms with Crippen LogP contribution in [0.3, 0.4) is 0 Å². The number of pyridine rings is 1. The predicted molar refractivity (Wildman–Crippen MR) is 122 cm³/mol. The van der Waals surface area contributed by atoms with Gasteiger partial charge in [0.05, 0.1) is 24.3 Å². The molecule has 3 saturated heterocycles. The standard InChI is InChI=1S/C23H25ClFN2O8P/c1-23(2)33-19-18(32-22(20(19)34-23)27-8-3-4-14(11-27)21(26)28)12-31-36(29)30-9-7-17(35-36)13-5-6-16(25)15(24)10-13/h3-6,8,10-11,17-20,22H,7,9,12H2,1-2H3,(H-,26,28)/p+1/t17?,18?,19-,20-,22-,36?/m1/s1. The molecule has 0 spiro atoms. The molecule has 5 rings (SSSR count). The lowest BCUT2D eigenvalue weighted by atomic mass is 10.1. The molecule has 3 aliphatic rings. The average molecular weight is 544 g/mol. The van der Waals surface area contributed by atoms with E-state index in [9.17, 15) is 13.8 Å². The molecule has 0 aliphatic carbocycles. The molecule has 1 aromatic carbocycles. The quantitative estimate of drug-likeness (QED) is 0.434. The van der Waals surface area contributed by atoms with Crippen LogP contribution in [0.15, 0.2) is 42.7 Å². The first-order chi connectivity index (χ1) is 17.0. The second kappa shape index (κ2) is 9.74. The Bertz CT molecular complexity index is 1220. The van der Waals surface area contributed by atoms with Crippen LogP contribution < -0.4 is 10.3 Å². The summed E-state index contributed by atoms with van der Waals surface area (Å²) in [5, 5.41) is -0.0614. The zero-order valence-corrected chi connectivity index (χ0v) is 21.2. The monoisotopic (exact) mass is 543 g/mol. The highest BCUT2D eigenvalue weighted by Gasteiger charge is 2.59. The molecule has 36 heavy (non-hydrogen) atoms. The molecule has 1 aromatic heterocycles. The third-order valence-corrected chi connectivity index (χ3v) is 7.89. The molecule has 6 atom stereocenters. The van der Waals surface area contributed by atoms with Crippen molar-refractivity contribution in [3.05, 3.63) is 64.7 Å². The van der Waals surface area contributed by atoms with Crippen molar-refractivity contribution in [3.8, 4) is 0 Å². The summed E-state index contributed by atoms with van der Waals surface area (Å²) in [6.07, 6.45) is 0.584. The average Bonchev–Trinajstić information content (AvgIpc) is 3.32. The number of halogens is 2. The molecule has 10 nitrogen and oxygen atoms in total. The number of nitrogens with zero attached hydrogens (tertiary/aromatic N) is 1. The largest absolute Gasteiger partial charge is 0.475 e. The lowest BCUT2D eigenvalue weighted by Gasteiger charge is -2.30. The van der Waals surface area contributed by atoms with Gasteiger partial charge >= 0.3 is 7.82 Å². The first kappa shape index (κ1) is 25.7. The van der Waals surface area contributed by atoms with Crippen molar-refractivity contribution in [1.29, 1.82) is 0 Å². The molecule has 3 unspecified atom stereocenters. The van der Waals surface area contributed by atoms with Gasteiger partial charge in [-0.3, -0.25) is 18.4 Å². The van der Waals surface area contributed by atoms with Crippen molar-refractivity contribution >= 4 is 25.3 Å². The highest BCUT2D eigenvalue weighted by molar-refractivity contribution is 7.48. The number of carbonyl (C=O) groups is 1. The van der Waals surface area contributed by atoms with E-state index in [1.807, 2.05) is 0 Å². The molecular weight excluding hydrogens is 518 g/mol. The van der Waals surface area contributed by atoms with Gasteiger partial charge in [-0.05, 0) is 37.6 Å². The maximum absolute atomic E-state index is 13.6. The first-order valence-corrected chi connectivity index (χ1v) is 13.2. The van der Waals surface area contributed by atoms with E-state index in [0.29, 0.717) is 17.5 Å². The zero-order valence-electron chi connectivity index (χ0n) is 19.5. The summed E-state index contributed by atoms with van der Waals surface area (Å²) in [7, 11) is -3.98. The van der Waals surface area contributed by atoms with Crippen molar-refractivity contribution in [1.82, 2.24) is 0 Å². The summed E-state index contributed by atoms with van der Waals surface area (Å²) in [6.45, 7) is 3.48. The molecule has 3 aliphatic heterocycles. The molecule has 2 N–H and O–H groups in total. The Morgan fingerprint density at radius 3 is 2.83 bits per heavy atom. The molecule has 194 valence electrons. The number of hydrogen-bond acceptors (Lipinski definition) is 8. The Balaban J connectivity index is 1.31. The van der Waals surface area contributed by atoms with E-state index in [-0.39, 0.29) is 18.2 Å². The van der Waals surface area contributed by atoms with Gasteiger partial charge in [-0.2, -0.15) is 4.57 Å². The maximum atomic E-state index is 13.6. The molecular formula is C23H26ClFN2O8P+. The Hall–Kier alpha value is -1.95. The van der Waals surface area contributed by atoms with Gasteiger partial charge in [0, 0.05) is 12.5 Å². The lowest BCUT2D eigenvalue weighted by Crippen LogP contribution is -2.46. The number of hydrogen-bond donors (Lipinski definition) is 1. The van der Waals surface area contributed by atoms with Crippen molar-refractivity contribution in [2.75, 3.05) is 13.2 Å². The molecule has 0 saturated carbocycles. The fourth-order valence-corrected chi connectivity index (χ4v) is 6.10. The van der Waals surface area contributed by atoms with Gasteiger partial charge in [0.25, 0.3) is 12.1 Å². The highest BCUT2D eigenvalue weighted by atomic mass is 35.5. The molecule has 0 bridgehead atoms. The van der Waals surface area contributed by atoms with E-state index in [4.69, 9.17) is 45.1 Å². The summed E-state index contributed by atoms with van der Waals surface area (Å²) in [4.78, 5) is 11.6. The molecule has 1 amide bonds. The number of aromatic nitrogens is 1. The van der Waals surface area contributed by atoms with Gasteiger partial charge in [-0.25, -0.2) is 8.96 Å². The van der Waals surface area contributed by atoms with Crippen molar-refractivity contribution in [3.63, 3.8) is 0 Å². The molecule has 0 radical (unpaired) electrons. The first-order valence-electron chi connectivity index (χ1n) is 11.4. The fraction of sp³-hybridized carbons (Fsp3) is 0.478. The van der Waals surface area contributed by atoms with Crippen LogP contribution in [-0.2, 0) is 32.3 Å². The summed E-state index contributed by atoms with van der Waals surface area (Å²) in [6, 6.07) is 7.43. The van der Waals surface area contributed by atoms with Crippen molar-refractivity contribution in [2.24, 2.45) is 5.73 Å². The Labute approximate surface area is 211 Å². The van der Waals surface area contributed by atoms with Gasteiger partial charge in [0.15, 0.2) is 24.3 Å². The normalized spacial score (nSPS) is 33.4. The minimum atomic E-state index is -3.98. The van der Waals surface area contributed by atoms with E-state index in [2.05, 4.69) is 0 Å². The number of rotatable bonds is 6. The van der Waals surface area contributed by atoms with Gasteiger partial charge in [0.1, 0.15) is 23.6 Å². The number of phosphoric ester groups is 1. The van der Waals surface area contributed by atoms with Gasteiger partial charge in [0.2, 0.25) is 0 Å². The molecule has 13 heteroatoms. The second-order valence-electron chi connectivity index (χ2n) is 9.17. The fourth-order valence-electron chi connectivity index (χ4n) is 4.51. The van der Waals surface area contributed by atoms with Crippen LogP contribution in [-0.4, -0.2) is 43.2 Å². The van der Waals surface area contributed by atoms with Crippen molar-refractivity contribution < 1.29 is 46.1 Å². The number of phosphoric acid groups is 1. The van der Waals surface area contributed by atoms with E-state index < -0.39 is 56.0 Å². The number of carbonyl (C=O) groups excluding carboxylic acids is 1. The van der Waals surface area contributed by atoms with Crippen LogP contribution in [0, 0.1) is 5.82 Å².